The van der Waals surface area contributed by atoms with Gasteiger partial charge in [-0.15, -0.1) is 0 Å². The molecule has 1 aromatic carbocycles. The largest absolute Gasteiger partial charge is 0.465 e. The van der Waals surface area contributed by atoms with E-state index in [0.29, 0.717) is 0 Å². The van der Waals surface area contributed by atoms with Crippen molar-refractivity contribution in [2.75, 3.05) is 13.0 Å². The van der Waals surface area contributed by atoms with Crippen LogP contribution in [0.5, 0.6) is 0 Å². The average molecular weight is 423 g/mol. The Morgan fingerprint density at radius 2 is 1.89 bits per heavy atom. The van der Waals surface area contributed by atoms with Gasteiger partial charge in [0.1, 0.15) is 11.1 Å². The Bertz CT molecular complexity index is 1080. The van der Waals surface area contributed by atoms with Crippen LogP contribution in [-0.2, 0) is 10.9 Å². The number of nitrogens with two attached hydrogens (primary N) is 1. The van der Waals surface area contributed by atoms with Crippen molar-refractivity contribution in [2.24, 2.45) is 0 Å². The lowest BCUT2D eigenvalue weighted by molar-refractivity contribution is -0.143. The van der Waals surface area contributed by atoms with Gasteiger partial charge in [0.05, 0.1) is 28.9 Å². The van der Waals surface area contributed by atoms with Crippen LogP contribution in [0.2, 0.25) is 10.0 Å². The van der Waals surface area contributed by atoms with E-state index in [4.69, 9.17) is 34.3 Å². The van der Waals surface area contributed by atoms with E-state index in [2.05, 4.69) is 4.74 Å². The van der Waals surface area contributed by atoms with Gasteiger partial charge in [-0.2, -0.15) is 18.4 Å². The molecule has 0 bridgehead atoms. The summed E-state index contributed by atoms with van der Waals surface area (Å²) in [5.41, 5.74) is -6.20. The topological polar surface area (TPSA) is 120 Å². The zero-order valence-electron chi connectivity index (χ0n) is 13.1. The number of carbonyl (C=O) groups excluding carboxylic acids is 1. The Hall–Kier alpha value is -2.97. The van der Waals surface area contributed by atoms with Crippen molar-refractivity contribution in [1.82, 2.24) is 9.24 Å². The fourth-order valence-electron chi connectivity index (χ4n) is 2.17. The van der Waals surface area contributed by atoms with Gasteiger partial charge in [-0.1, -0.05) is 23.2 Å². The lowest BCUT2D eigenvalue weighted by Crippen LogP contribution is -2.46. The molecule has 0 fully saturated rings. The van der Waals surface area contributed by atoms with Gasteiger partial charge in [-0.05, 0) is 12.1 Å². The van der Waals surface area contributed by atoms with Crippen molar-refractivity contribution in [3.8, 4) is 11.8 Å². The second-order valence-corrected chi connectivity index (χ2v) is 5.69. The second kappa shape index (κ2) is 6.98. The summed E-state index contributed by atoms with van der Waals surface area (Å²) >= 11 is 11.4. The maximum absolute atomic E-state index is 13.0. The SMILES string of the molecule is COC(=O)c1cc(-n2c(=O)c(Cl)c(C(F)(F)F)n(N)c2=O)c(Cl)cc1C#N. The highest BCUT2D eigenvalue weighted by Gasteiger charge is 2.39. The summed E-state index contributed by atoms with van der Waals surface area (Å²) in [5.74, 6) is 4.15. The number of rotatable bonds is 2. The monoisotopic (exact) mass is 422 g/mol. The number of esters is 1. The molecular weight excluding hydrogens is 416 g/mol. The summed E-state index contributed by atoms with van der Waals surface area (Å²) in [7, 11) is 1.01. The number of aromatic nitrogens is 2. The maximum Gasteiger partial charge on any atom is 0.435 e. The molecule has 1 heterocycles. The molecule has 0 aliphatic carbocycles. The molecular formula is C14H7Cl2F3N4O4. The van der Waals surface area contributed by atoms with Gasteiger partial charge in [0.2, 0.25) is 0 Å². The van der Waals surface area contributed by atoms with Crippen LogP contribution in [0, 0.1) is 11.3 Å². The average Bonchev–Trinajstić information content (AvgIpc) is 2.59. The normalized spacial score (nSPS) is 11.1. The highest BCUT2D eigenvalue weighted by molar-refractivity contribution is 6.33. The molecule has 2 rings (SSSR count). The summed E-state index contributed by atoms with van der Waals surface area (Å²) in [6.07, 6.45) is -5.19. The number of halogens is 5. The van der Waals surface area contributed by atoms with Crippen LogP contribution in [0.25, 0.3) is 5.69 Å². The number of nitriles is 1. The molecule has 0 spiro atoms. The molecule has 0 aliphatic heterocycles. The summed E-state index contributed by atoms with van der Waals surface area (Å²) < 4.78 is 43.3. The molecule has 8 nitrogen and oxygen atoms in total. The zero-order chi connectivity index (χ0) is 20.7. The predicted octanol–water partition coefficient (Wildman–Crippen LogP) is 1.70. The Balaban J connectivity index is 2.97. The number of nitrogens with zero attached hydrogens (tertiary/aromatic N) is 3. The van der Waals surface area contributed by atoms with Gasteiger partial charge < -0.3 is 10.6 Å². The van der Waals surface area contributed by atoms with Gasteiger partial charge >= 0.3 is 17.8 Å². The Morgan fingerprint density at radius 3 is 2.37 bits per heavy atom. The third kappa shape index (κ3) is 3.36. The van der Waals surface area contributed by atoms with E-state index in [-0.39, 0.29) is 20.4 Å². The Labute approximate surface area is 157 Å². The number of carbonyl (C=O) groups is 1. The van der Waals surface area contributed by atoms with E-state index in [9.17, 15) is 27.6 Å². The number of nitrogen functional groups attached to an aromatic ring is 1. The van der Waals surface area contributed by atoms with Crippen LogP contribution in [0.15, 0.2) is 21.7 Å². The molecule has 0 unspecified atom stereocenters. The number of benzene rings is 1. The van der Waals surface area contributed by atoms with Gasteiger partial charge in [0.15, 0.2) is 5.69 Å². The van der Waals surface area contributed by atoms with Crippen molar-refractivity contribution in [3.63, 3.8) is 0 Å². The van der Waals surface area contributed by atoms with Crippen molar-refractivity contribution in [3.05, 3.63) is 59.8 Å². The van der Waals surface area contributed by atoms with Crippen LogP contribution in [0.3, 0.4) is 0 Å². The van der Waals surface area contributed by atoms with E-state index in [0.717, 1.165) is 19.2 Å². The smallest absolute Gasteiger partial charge is 0.435 e. The fraction of sp³-hybridized carbons (Fsp3) is 0.143. The quantitative estimate of drug-likeness (QED) is 0.580. The molecule has 0 aliphatic rings. The van der Waals surface area contributed by atoms with Crippen LogP contribution >= 0.6 is 23.2 Å². The number of methoxy groups -OCH3 is 1. The zero-order valence-corrected chi connectivity index (χ0v) is 14.6. The van der Waals surface area contributed by atoms with Crippen molar-refractivity contribution in [2.45, 2.75) is 6.18 Å². The fourth-order valence-corrected chi connectivity index (χ4v) is 2.70. The van der Waals surface area contributed by atoms with Crippen LogP contribution in [0.1, 0.15) is 21.6 Å². The highest BCUT2D eigenvalue weighted by atomic mass is 35.5. The molecule has 0 radical (unpaired) electrons. The van der Waals surface area contributed by atoms with Gasteiger partial charge in [-0.25, -0.2) is 18.8 Å². The summed E-state index contributed by atoms with van der Waals surface area (Å²) in [5, 5.41) is 7.28. The molecule has 2 N–H and O–H groups in total. The third-order valence-corrected chi connectivity index (χ3v) is 4.00. The first-order valence-electron chi connectivity index (χ1n) is 6.67. The van der Waals surface area contributed by atoms with Crippen LogP contribution in [0.4, 0.5) is 13.2 Å². The predicted molar refractivity (Wildman–Crippen MR) is 87.5 cm³/mol. The summed E-state index contributed by atoms with van der Waals surface area (Å²) in [6.45, 7) is 0. The molecule has 13 heteroatoms. The highest BCUT2D eigenvalue weighted by Crippen LogP contribution is 2.32. The number of hydrogen-bond acceptors (Lipinski definition) is 6. The molecule has 0 atom stereocenters. The molecule has 0 saturated heterocycles. The first-order valence-corrected chi connectivity index (χ1v) is 7.43. The van der Waals surface area contributed by atoms with E-state index < -0.39 is 44.8 Å². The number of hydrogen-bond donors (Lipinski definition) is 1. The third-order valence-electron chi connectivity index (χ3n) is 3.36. The Morgan fingerprint density at radius 1 is 1.30 bits per heavy atom. The van der Waals surface area contributed by atoms with Crippen molar-refractivity contribution in [1.29, 1.82) is 5.26 Å². The molecule has 142 valence electrons. The van der Waals surface area contributed by atoms with Gasteiger partial charge in [-0.3, -0.25) is 4.79 Å². The standard InChI is InChI=1S/C14H7Cl2F3N4O4/c1-27-12(25)6-3-8(7(15)2-5(6)4-20)22-11(24)9(16)10(14(17,18)19)23(21)13(22)26/h2-3H,21H2,1H3. The molecule has 0 saturated carbocycles. The van der Waals surface area contributed by atoms with E-state index in [1.54, 1.807) is 6.07 Å². The van der Waals surface area contributed by atoms with Crippen molar-refractivity contribution < 1.29 is 22.7 Å². The second-order valence-electron chi connectivity index (χ2n) is 4.91. The first kappa shape index (κ1) is 20.3. The van der Waals surface area contributed by atoms with E-state index in [1.165, 1.54) is 0 Å². The lowest BCUT2D eigenvalue weighted by Gasteiger charge is -2.16. The van der Waals surface area contributed by atoms with E-state index in [1.807, 2.05) is 0 Å². The van der Waals surface area contributed by atoms with E-state index >= 15 is 0 Å². The first-order chi connectivity index (χ1) is 12.4. The minimum atomic E-state index is -5.19. The van der Waals surface area contributed by atoms with Gasteiger partial charge in [0.25, 0.3) is 5.56 Å². The minimum absolute atomic E-state index is 0.146. The Kier molecular flexibility index (Phi) is 5.26. The summed E-state index contributed by atoms with van der Waals surface area (Å²) in [4.78, 5) is 36.3. The molecule has 0 amide bonds. The van der Waals surface area contributed by atoms with Crippen molar-refractivity contribution >= 4 is 29.2 Å². The van der Waals surface area contributed by atoms with Crippen LogP contribution < -0.4 is 17.1 Å². The maximum atomic E-state index is 13.0. The number of ether oxygens (including phenoxy) is 1. The molecule has 2 aromatic rings. The summed E-state index contributed by atoms with van der Waals surface area (Å²) in [6, 6.07) is 3.42. The molecule has 27 heavy (non-hydrogen) atoms. The minimum Gasteiger partial charge on any atom is -0.465 e. The number of alkyl halides is 3. The van der Waals surface area contributed by atoms with Gasteiger partial charge in [0, 0.05) is 0 Å². The molecule has 1 aromatic heterocycles. The van der Waals surface area contributed by atoms with Crippen LogP contribution in [-0.4, -0.2) is 22.3 Å². The lowest BCUT2D eigenvalue weighted by atomic mass is 10.1.